The standard InChI is InChI=1S/C18H19N3O2/c1-20(15-9-7-14(8-10-15)13-18(22)23)17-11-12-21(19-17)16-5-3-2-4-6-16/h3,5-12H,2,4,13H2,1H3,(H,22,23). The predicted molar refractivity (Wildman–Crippen MR) is 90.7 cm³/mol. The molecule has 0 radical (unpaired) electrons. The zero-order valence-electron chi connectivity index (χ0n) is 13.0. The van der Waals surface area contributed by atoms with Gasteiger partial charge >= 0.3 is 5.97 Å². The summed E-state index contributed by atoms with van der Waals surface area (Å²) < 4.78 is 1.88. The minimum atomic E-state index is -0.821. The van der Waals surface area contributed by atoms with Gasteiger partial charge in [0, 0.05) is 25.0 Å². The maximum absolute atomic E-state index is 10.7. The van der Waals surface area contributed by atoms with E-state index in [0.29, 0.717) is 0 Å². The molecule has 0 bridgehead atoms. The van der Waals surface area contributed by atoms with Crippen LogP contribution in [0.1, 0.15) is 18.4 Å². The molecule has 1 aromatic heterocycles. The maximum atomic E-state index is 10.7. The van der Waals surface area contributed by atoms with E-state index in [9.17, 15) is 4.79 Å². The molecule has 1 N–H and O–H groups in total. The van der Waals surface area contributed by atoms with Gasteiger partial charge in [-0.3, -0.25) is 4.79 Å². The Morgan fingerprint density at radius 3 is 2.70 bits per heavy atom. The van der Waals surface area contributed by atoms with Crippen LogP contribution in [0.4, 0.5) is 11.5 Å². The van der Waals surface area contributed by atoms with Gasteiger partial charge in [0.1, 0.15) is 0 Å². The van der Waals surface area contributed by atoms with E-state index in [-0.39, 0.29) is 6.42 Å². The minimum Gasteiger partial charge on any atom is -0.481 e. The monoisotopic (exact) mass is 309 g/mol. The lowest BCUT2D eigenvalue weighted by Gasteiger charge is -2.16. The number of carboxylic acids is 1. The molecule has 23 heavy (non-hydrogen) atoms. The smallest absolute Gasteiger partial charge is 0.307 e. The molecule has 0 unspecified atom stereocenters. The minimum absolute atomic E-state index is 0.0408. The number of carboxylic acid groups (broad SMARTS) is 1. The lowest BCUT2D eigenvalue weighted by molar-refractivity contribution is -0.136. The van der Waals surface area contributed by atoms with Gasteiger partial charge in [-0.1, -0.05) is 24.3 Å². The number of aliphatic carboxylic acids is 1. The van der Waals surface area contributed by atoms with E-state index < -0.39 is 5.97 Å². The van der Waals surface area contributed by atoms with Crippen molar-refractivity contribution in [3.05, 3.63) is 60.3 Å². The average Bonchev–Trinajstić information content (AvgIpc) is 3.05. The summed E-state index contributed by atoms with van der Waals surface area (Å²) in [6.07, 6.45) is 10.5. The first-order chi connectivity index (χ1) is 11.1. The summed E-state index contributed by atoms with van der Waals surface area (Å²) in [5.41, 5.74) is 2.85. The summed E-state index contributed by atoms with van der Waals surface area (Å²) in [6.45, 7) is 0. The first-order valence-corrected chi connectivity index (χ1v) is 7.61. The number of allylic oxidation sites excluding steroid dienone is 4. The van der Waals surface area contributed by atoms with Crippen molar-refractivity contribution in [2.75, 3.05) is 11.9 Å². The highest BCUT2D eigenvalue weighted by Gasteiger charge is 2.10. The van der Waals surface area contributed by atoms with Crippen LogP contribution in [0.3, 0.4) is 0 Å². The zero-order valence-corrected chi connectivity index (χ0v) is 13.0. The summed E-state index contributed by atoms with van der Waals surface area (Å²) in [4.78, 5) is 12.7. The van der Waals surface area contributed by atoms with Crippen LogP contribution in [0, 0.1) is 0 Å². The second-order valence-corrected chi connectivity index (χ2v) is 5.52. The number of carbonyl (C=O) groups is 1. The van der Waals surface area contributed by atoms with Gasteiger partial charge in [-0.25, -0.2) is 4.68 Å². The van der Waals surface area contributed by atoms with Crippen molar-refractivity contribution in [3.63, 3.8) is 0 Å². The van der Waals surface area contributed by atoms with E-state index in [4.69, 9.17) is 5.11 Å². The predicted octanol–water partition coefficient (Wildman–Crippen LogP) is 3.47. The molecular weight excluding hydrogens is 290 g/mol. The third-order valence-corrected chi connectivity index (χ3v) is 3.84. The van der Waals surface area contributed by atoms with Gasteiger partial charge in [0.2, 0.25) is 0 Å². The number of nitrogens with zero attached hydrogens (tertiary/aromatic N) is 3. The fourth-order valence-electron chi connectivity index (χ4n) is 2.55. The Balaban J connectivity index is 1.76. The lowest BCUT2D eigenvalue weighted by atomic mass is 10.1. The zero-order chi connectivity index (χ0) is 16.2. The van der Waals surface area contributed by atoms with Crippen LogP contribution >= 0.6 is 0 Å². The van der Waals surface area contributed by atoms with E-state index in [1.807, 2.05) is 53.2 Å². The second-order valence-electron chi connectivity index (χ2n) is 5.52. The van der Waals surface area contributed by atoms with E-state index in [0.717, 1.165) is 35.6 Å². The highest BCUT2D eigenvalue weighted by Crippen LogP contribution is 2.24. The van der Waals surface area contributed by atoms with E-state index in [1.54, 1.807) is 0 Å². The van der Waals surface area contributed by atoms with E-state index in [2.05, 4.69) is 23.3 Å². The van der Waals surface area contributed by atoms with Crippen LogP contribution in [0.2, 0.25) is 0 Å². The highest BCUT2D eigenvalue weighted by molar-refractivity contribution is 5.71. The highest BCUT2D eigenvalue weighted by atomic mass is 16.4. The van der Waals surface area contributed by atoms with Gasteiger partial charge in [0.25, 0.3) is 0 Å². The normalized spacial score (nSPS) is 13.7. The number of hydrogen-bond acceptors (Lipinski definition) is 3. The SMILES string of the molecule is CN(c1ccc(CC(=O)O)cc1)c1ccn(C2=CCCC=C2)n1. The third-order valence-electron chi connectivity index (χ3n) is 3.84. The van der Waals surface area contributed by atoms with Crippen molar-refractivity contribution in [1.29, 1.82) is 0 Å². The van der Waals surface area contributed by atoms with E-state index in [1.165, 1.54) is 0 Å². The van der Waals surface area contributed by atoms with Crippen molar-refractivity contribution < 1.29 is 9.90 Å². The molecule has 0 fully saturated rings. The lowest BCUT2D eigenvalue weighted by Crippen LogP contribution is -2.11. The molecule has 1 aliphatic rings. The summed E-state index contributed by atoms with van der Waals surface area (Å²) in [6, 6.07) is 9.47. The fraction of sp³-hybridized carbons (Fsp3) is 0.222. The Bertz CT molecular complexity index is 757. The van der Waals surface area contributed by atoms with Crippen molar-refractivity contribution in [2.24, 2.45) is 0 Å². The molecular formula is C18H19N3O2. The van der Waals surface area contributed by atoms with E-state index >= 15 is 0 Å². The van der Waals surface area contributed by atoms with Gasteiger partial charge in [-0.15, -0.1) is 5.10 Å². The Kier molecular flexibility index (Phi) is 4.28. The molecule has 0 atom stereocenters. The first kappa shape index (κ1) is 15.1. The second kappa shape index (κ2) is 6.52. The van der Waals surface area contributed by atoms with Gasteiger partial charge in [0.15, 0.2) is 5.82 Å². The molecule has 0 saturated carbocycles. The fourth-order valence-corrected chi connectivity index (χ4v) is 2.55. The summed E-state index contributed by atoms with van der Waals surface area (Å²) in [5.74, 6) is 0.0227. The van der Waals surface area contributed by atoms with Gasteiger partial charge < -0.3 is 10.0 Å². The Morgan fingerprint density at radius 2 is 2.04 bits per heavy atom. The van der Waals surface area contributed by atoms with Crippen LogP contribution in [-0.4, -0.2) is 27.9 Å². The third kappa shape index (κ3) is 3.51. The average molecular weight is 309 g/mol. The van der Waals surface area contributed by atoms with Crippen molar-refractivity contribution in [2.45, 2.75) is 19.3 Å². The largest absolute Gasteiger partial charge is 0.481 e. The van der Waals surface area contributed by atoms with Crippen LogP contribution in [0.15, 0.2) is 54.8 Å². The molecule has 1 aromatic carbocycles. The maximum Gasteiger partial charge on any atom is 0.307 e. The number of benzene rings is 1. The molecule has 0 saturated heterocycles. The van der Waals surface area contributed by atoms with Crippen LogP contribution < -0.4 is 4.90 Å². The molecule has 1 heterocycles. The molecule has 3 rings (SSSR count). The molecule has 0 spiro atoms. The van der Waals surface area contributed by atoms with Gasteiger partial charge in [-0.2, -0.15) is 0 Å². The summed E-state index contributed by atoms with van der Waals surface area (Å²) in [5, 5.41) is 13.4. The topological polar surface area (TPSA) is 58.4 Å². The number of hydrogen-bond donors (Lipinski definition) is 1. The Morgan fingerprint density at radius 1 is 1.26 bits per heavy atom. The molecule has 2 aromatic rings. The van der Waals surface area contributed by atoms with Crippen LogP contribution in [0.25, 0.3) is 5.70 Å². The van der Waals surface area contributed by atoms with Crippen LogP contribution in [-0.2, 0) is 11.2 Å². The first-order valence-electron chi connectivity index (χ1n) is 7.61. The van der Waals surface area contributed by atoms with Crippen molar-refractivity contribution in [1.82, 2.24) is 9.78 Å². The number of aromatic nitrogens is 2. The molecule has 0 aliphatic heterocycles. The molecule has 1 aliphatic carbocycles. The van der Waals surface area contributed by atoms with Crippen LogP contribution in [0.5, 0.6) is 0 Å². The quantitative estimate of drug-likeness (QED) is 0.919. The molecule has 5 nitrogen and oxygen atoms in total. The molecule has 5 heteroatoms. The summed E-state index contributed by atoms with van der Waals surface area (Å²) >= 11 is 0. The van der Waals surface area contributed by atoms with Gasteiger partial charge in [-0.05, 0) is 36.6 Å². The van der Waals surface area contributed by atoms with Crippen molar-refractivity contribution in [3.8, 4) is 0 Å². The Hall–Kier alpha value is -2.82. The number of anilines is 2. The summed E-state index contributed by atoms with van der Waals surface area (Å²) in [7, 11) is 1.95. The molecule has 118 valence electrons. The van der Waals surface area contributed by atoms with Gasteiger partial charge in [0.05, 0.1) is 12.1 Å². The number of rotatable bonds is 5. The van der Waals surface area contributed by atoms with Crippen molar-refractivity contribution >= 4 is 23.2 Å². The Labute approximate surface area is 135 Å². The molecule has 0 amide bonds.